The maximum absolute atomic E-state index is 6.21. The summed E-state index contributed by atoms with van der Waals surface area (Å²) < 4.78 is 18.8. The second kappa shape index (κ2) is 9.29. The lowest BCUT2D eigenvalue weighted by atomic mass is 10.3. The predicted molar refractivity (Wildman–Crippen MR) is 119 cm³/mol. The van der Waals surface area contributed by atoms with E-state index in [1.54, 1.807) is 24.5 Å². The van der Waals surface area contributed by atoms with E-state index in [4.69, 9.17) is 25.2 Å². The van der Waals surface area contributed by atoms with Crippen molar-refractivity contribution in [2.45, 2.75) is 17.5 Å². The molecule has 0 N–H and O–H groups in total. The molecule has 0 saturated carbocycles. The minimum Gasteiger partial charge on any atom is -0.484 e. The third kappa shape index (κ3) is 4.39. The van der Waals surface area contributed by atoms with Crippen LogP contribution in [-0.2, 0) is 12.4 Å². The highest BCUT2D eigenvalue weighted by atomic mass is 35.5. The summed E-state index contributed by atoms with van der Waals surface area (Å²) in [7, 11) is 0. The third-order valence-corrected chi connectivity index (χ3v) is 5.66. The van der Waals surface area contributed by atoms with E-state index in [0.29, 0.717) is 45.0 Å². The van der Waals surface area contributed by atoms with Gasteiger partial charge in [0.05, 0.1) is 17.0 Å². The fraction of sp³-hybridized carbons (Fsp3) is 0.0909. The van der Waals surface area contributed by atoms with Crippen LogP contribution >= 0.6 is 23.4 Å². The molecule has 0 bridgehead atoms. The molecule has 0 spiro atoms. The highest BCUT2D eigenvalue weighted by molar-refractivity contribution is 7.98. The number of halogens is 1. The van der Waals surface area contributed by atoms with Gasteiger partial charge in [-0.1, -0.05) is 53.7 Å². The molecule has 10 heteroatoms. The predicted octanol–water partition coefficient (Wildman–Crippen LogP) is 5.44. The van der Waals surface area contributed by atoms with Gasteiger partial charge in [-0.3, -0.25) is 4.57 Å². The molecule has 0 atom stereocenters. The highest BCUT2D eigenvalue weighted by Gasteiger charge is 2.18. The number of hydrogen-bond donors (Lipinski definition) is 0. The quantitative estimate of drug-likeness (QED) is 0.280. The van der Waals surface area contributed by atoms with E-state index in [9.17, 15) is 0 Å². The van der Waals surface area contributed by atoms with Crippen LogP contribution in [0.4, 0.5) is 0 Å². The second-order valence-electron chi connectivity index (χ2n) is 6.56. The van der Waals surface area contributed by atoms with Crippen molar-refractivity contribution in [2.24, 2.45) is 0 Å². The average molecular weight is 466 g/mol. The highest BCUT2D eigenvalue weighted by Crippen LogP contribution is 2.28. The summed E-state index contributed by atoms with van der Waals surface area (Å²) in [6.45, 7) is 0.204. The molecule has 0 amide bonds. The van der Waals surface area contributed by atoms with Crippen molar-refractivity contribution in [3.63, 3.8) is 0 Å². The van der Waals surface area contributed by atoms with Crippen molar-refractivity contribution >= 4 is 23.4 Å². The maximum Gasteiger partial charge on any atom is 0.283 e. The summed E-state index contributed by atoms with van der Waals surface area (Å²) in [6.07, 6.45) is 1.56. The van der Waals surface area contributed by atoms with E-state index in [1.165, 1.54) is 11.8 Å². The first-order valence-corrected chi connectivity index (χ1v) is 11.0. The lowest BCUT2D eigenvalue weighted by Crippen LogP contribution is -2.06. The Bertz CT molecular complexity index is 1300. The molecule has 0 saturated heterocycles. The number of hydrogen-bond acceptors (Lipinski definition) is 8. The zero-order valence-electron chi connectivity index (χ0n) is 16.6. The number of ether oxygens (including phenoxy) is 1. The van der Waals surface area contributed by atoms with Gasteiger partial charge in [0.2, 0.25) is 5.89 Å². The van der Waals surface area contributed by atoms with Crippen LogP contribution in [0.25, 0.3) is 17.3 Å². The Kier molecular flexibility index (Phi) is 5.91. The third-order valence-electron chi connectivity index (χ3n) is 4.43. The Morgan fingerprint density at radius 3 is 2.56 bits per heavy atom. The molecule has 0 fully saturated rings. The first-order valence-electron chi connectivity index (χ1n) is 9.64. The monoisotopic (exact) mass is 465 g/mol. The van der Waals surface area contributed by atoms with Crippen molar-refractivity contribution in [3.05, 3.63) is 89.7 Å². The molecule has 0 aliphatic heterocycles. The Hall–Kier alpha value is -3.56. The van der Waals surface area contributed by atoms with E-state index in [1.807, 2.05) is 53.1 Å². The molecule has 3 aromatic heterocycles. The topological polar surface area (TPSA) is 92.0 Å². The molecule has 0 aliphatic carbocycles. The normalized spacial score (nSPS) is 11.0. The molecular weight excluding hydrogens is 450 g/mol. The number of aromatic nitrogens is 5. The zero-order chi connectivity index (χ0) is 21.8. The molecule has 5 rings (SSSR count). The first kappa shape index (κ1) is 20.3. The van der Waals surface area contributed by atoms with Gasteiger partial charge in [-0.15, -0.1) is 20.4 Å². The first-order chi connectivity index (χ1) is 15.8. The number of para-hydroxylation sites is 2. The summed E-state index contributed by atoms with van der Waals surface area (Å²) in [5.41, 5.74) is 0.916. The van der Waals surface area contributed by atoms with Gasteiger partial charge < -0.3 is 13.6 Å². The van der Waals surface area contributed by atoms with Gasteiger partial charge in [-0.05, 0) is 36.4 Å². The van der Waals surface area contributed by atoms with E-state index < -0.39 is 0 Å². The molecule has 32 heavy (non-hydrogen) atoms. The Morgan fingerprint density at radius 1 is 0.906 bits per heavy atom. The van der Waals surface area contributed by atoms with Crippen LogP contribution in [0.15, 0.2) is 87.0 Å². The standard InChI is InChI=1S/C22H16ClN5O3S/c23-16-9-4-5-10-17(16)30-13-19-24-27-22(28(19)15-7-2-1-3-8-15)32-14-20-25-26-21(31-20)18-11-6-12-29-18/h1-12H,13-14H2. The van der Waals surface area contributed by atoms with Gasteiger partial charge in [0.15, 0.2) is 16.7 Å². The summed E-state index contributed by atoms with van der Waals surface area (Å²) in [5, 5.41) is 18.0. The maximum atomic E-state index is 6.21. The molecule has 8 nitrogen and oxygen atoms in total. The Labute approximate surface area is 192 Å². The van der Waals surface area contributed by atoms with Crippen molar-refractivity contribution in [3.8, 4) is 23.1 Å². The van der Waals surface area contributed by atoms with Crippen LogP contribution in [0.3, 0.4) is 0 Å². The van der Waals surface area contributed by atoms with Crippen molar-refractivity contribution < 1.29 is 13.6 Å². The summed E-state index contributed by atoms with van der Waals surface area (Å²) in [4.78, 5) is 0. The summed E-state index contributed by atoms with van der Waals surface area (Å²) in [6, 6.07) is 20.7. The van der Waals surface area contributed by atoms with E-state index in [-0.39, 0.29) is 6.61 Å². The van der Waals surface area contributed by atoms with E-state index in [2.05, 4.69) is 20.4 Å². The molecule has 3 heterocycles. The number of thioether (sulfide) groups is 1. The fourth-order valence-electron chi connectivity index (χ4n) is 2.97. The van der Waals surface area contributed by atoms with Crippen LogP contribution < -0.4 is 4.74 Å². The van der Waals surface area contributed by atoms with Crippen LogP contribution in [0, 0.1) is 0 Å². The van der Waals surface area contributed by atoms with E-state index >= 15 is 0 Å². The summed E-state index contributed by atoms with van der Waals surface area (Å²) in [5.74, 6) is 2.97. The molecule has 2 aromatic carbocycles. The SMILES string of the molecule is Clc1ccccc1OCc1nnc(SCc2nnc(-c3ccco3)o2)n1-c1ccccc1. The van der Waals surface area contributed by atoms with Gasteiger partial charge in [0, 0.05) is 5.69 Å². The van der Waals surface area contributed by atoms with Gasteiger partial charge in [-0.25, -0.2) is 0 Å². The second-order valence-corrected chi connectivity index (χ2v) is 7.91. The van der Waals surface area contributed by atoms with Crippen molar-refractivity contribution in [1.29, 1.82) is 0 Å². The molecule has 0 radical (unpaired) electrons. The molecule has 5 aromatic rings. The largest absolute Gasteiger partial charge is 0.484 e. The van der Waals surface area contributed by atoms with Crippen LogP contribution in [0.1, 0.15) is 11.7 Å². The van der Waals surface area contributed by atoms with E-state index in [0.717, 1.165) is 5.69 Å². The van der Waals surface area contributed by atoms with Crippen LogP contribution in [0.5, 0.6) is 5.75 Å². The van der Waals surface area contributed by atoms with Crippen molar-refractivity contribution in [2.75, 3.05) is 0 Å². The lowest BCUT2D eigenvalue weighted by molar-refractivity contribution is 0.293. The molecule has 0 unspecified atom stereocenters. The number of benzene rings is 2. The summed E-state index contributed by atoms with van der Waals surface area (Å²) >= 11 is 7.64. The Morgan fingerprint density at radius 2 is 1.75 bits per heavy atom. The minimum absolute atomic E-state index is 0.204. The van der Waals surface area contributed by atoms with Crippen LogP contribution in [0.2, 0.25) is 5.02 Å². The Balaban J connectivity index is 1.37. The van der Waals surface area contributed by atoms with Gasteiger partial charge in [0.1, 0.15) is 12.4 Å². The minimum atomic E-state index is 0.204. The van der Waals surface area contributed by atoms with Crippen LogP contribution in [-0.4, -0.2) is 25.0 Å². The number of rotatable bonds is 8. The number of nitrogens with zero attached hydrogens (tertiary/aromatic N) is 5. The molecule has 160 valence electrons. The fourth-order valence-corrected chi connectivity index (χ4v) is 3.96. The van der Waals surface area contributed by atoms with Gasteiger partial charge in [0.25, 0.3) is 5.89 Å². The van der Waals surface area contributed by atoms with Gasteiger partial charge >= 0.3 is 0 Å². The zero-order valence-corrected chi connectivity index (χ0v) is 18.2. The molecular formula is C22H16ClN5O3S. The molecule has 0 aliphatic rings. The van der Waals surface area contributed by atoms with Crippen molar-refractivity contribution in [1.82, 2.24) is 25.0 Å². The van der Waals surface area contributed by atoms with Gasteiger partial charge in [-0.2, -0.15) is 0 Å². The average Bonchev–Trinajstić information content (AvgIpc) is 3.58. The lowest BCUT2D eigenvalue weighted by Gasteiger charge is -2.11. The number of furan rings is 1. The smallest absolute Gasteiger partial charge is 0.283 e.